The first-order valence-electron chi connectivity index (χ1n) is 10.3. The number of rotatable bonds is 7. The molecule has 3 heterocycles. The predicted octanol–water partition coefficient (Wildman–Crippen LogP) is 3.30. The summed E-state index contributed by atoms with van der Waals surface area (Å²) in [5.74, 6) is 0.526. The number of hydrogen-bond donors (Lipinski definition) is 0. The normalized spacial score (nSPS) is 15.6. The lowest BCUT2D eigenvalue weighted by Crippen LogP contribution is -2.44. The Bertz CT molecular complexity index is 1080. The molecule has 162 valence electrons. The Labute approximate surface area is 182 Å². The third-order valence-electron chi connectivity index (χ3n) is 5.53. The summed E-state index contributed by atoms with van der Waals surface area (Å²) in [6.07, 6.45) is 5.48. The second-order valence-electron chi connectivity index (χ2n) is 7.63. The minimum Gasteiger partial charge on any atom is -0.467 e. The fourth-order valence-corrected chi connectivity index (χ4v) is 5.29. The summed E-state index contributed by atoms with van der Waals surface area (Å²) < 4.78 is 32.6. The Hall–Kier alpha value is -2.97. The van der Waals surface area contributed by atoms with E-state index in [1.807, 2.05) is 42.5 Å². The molecule has 0 atom stereocenters. The van der Waals surface area contributed by atoms with Gasteiger partial charge in [-0.25, -0.2) is 8.42 Å². The molecule has 1 aliphatic heterocycles. The molecule has 2 aromatic heterocycles. The molecule has 1 aliphatic rings. The molecule has 8 heteroatoms. The number of furan rings is 1. The number of aromatic nitrogens is 1. The van der Waals surface area contributed by atoms with Crippen molar-refractivity contribution >= 4 is 15.9 Å². The standard InChI is InChI=1S/C23H25N3O4S/c27-23(25(18-21-8-5-15-30-21)17-19-6-2-1-3-7-19)20-10-13-26(14-11-20)31(28,29)22-9-4-12-24-16-22/h1-9,12,15-16,20H,10-11,13-14,17-18H2. The molecule has 1 amide bonds. The SMILES string of the molecule is O=C(C1CCN(S(=O)(=O)c2cccnc2)CC1)N(Cc1ccccc1)Cc1ccco1. The summed E-state index contributed by atoms with van der Waals surface area (Å²) in [6, 6.07) is 16.7. The Morgan fingerprint density at radius 3 is 2.45 bits per heavy atom. The van der Waals surface area contributed by atoms with E-state index in [0.717, 1.165) is 11.3 Å². The first-order chi connectivity index (χ1) is 15.0. The monoisotopic (exact) mass is 439 g/mol. The van der Waals surface area contributed by atoms with Crippen LogP contribution in [0.1, 0.15) is 24.2 Å². The zero-order chi connectivity index (χ0) is 21.7. The predicted molar refractivity (Wildman–Crippen MR) is 115 cm³/mol. The Morgan fingerprint density at radius 1 is 1.03 bits per heavy atom. The molecule has 1 fully saturated rings. The van der Waals surface area contributed by atoms with Crippen LogP contribution in [0.15, 0.2) is 82.6 Å². The first kappa shape index (κ1) is 21.3. The number of carbonyl (C=O) groups excluding carboxylic acids is 1. The second kappa shape index (κ2) is 9.45. The zero-order valence-electron chi connectivity index (χ0n) is 17.1. The fourth-order valence-electron chi connectivity index (χ4n) is 3.86. The van der Waals surface area contributed by atoms with Gasteiger partial charge in [-0.2, -0.15) is 4.31 Å². The van der Waals surface area contributed by atoms with E-state index >= 15 is 0 Å². The average Bonchev–Trinajstić information content (AvgIpc) is 3.33. The summed E-state index contributed by atoms with van der Waals surface area (Å²) in [4.78, 5) is 19.3. The average molecular weight is 440 g/mol. The van der Waals surface area contributed by atoms with Crippen molar-refractivity contribution in [1.82, 2.24) is 14.2 Å². The van der Waals surface area contributed by atoms with Crippen LogP contribution in [0.5, 0.6) is 0 Å². The second-order valence-corrected chi connectivity index (χ2v) is 9.56. The van der Waals surface area contributed by atoms with E-state index in [1.165, 1.54) is 10.5 Å². The maximum absolute atomic E-state index is 13.4. The molecule has 31 heavy (non-hydrogen) atoms. The van der Waals surface area contributed by atoms with Crippen molar-refractivity contribution in [2.24, 2.45) is 5.92 Å². The van der Waals surface area contributed by atoms with Crippen LogP contribution in [0.3, 0.4) is 0 Å². The highest BCUT2D eigenvalue weighted by atomic mass is 32.2. The van der Waals surface area contributed by atoms with Crippen molar-refractivity contribution < 1.29 is 17.6 Å². The molecule has 0 unspecified atom stereocenters. The molecule has 0 radical (unpaired) electrons. The van der Waals surface area contributed by atoms with E-state index in [4.69, 9.17) is 4.42 Å². The van der Waals surface area contributed by atoms with Gasteiger partial charge in [0.25, 0.3) is 0 Å². The Balaban J connectivity index is 1.44. The molecule has 1 saturated heterocycles. The molecule has 4 rings (SSSR count). The van der Waals surface area contributed by atoms with Crippen molar-refractivity contribution in [1.29, 1.82) is 0 Å². The lowest BCUT2D eigenvalue weighted by atomic mass is 9.96. The molecule has 0 spiro atoms. The highest BCUT2D eigenvalue weighted by Crippen LogP contribution is 2.26. The van der Waals surface area contributed by atoms with Crippen LogP contribution in [-0.2, 0) is 27.9 Å². The minimum atomic E-state index is -3.59. The summed E-state index contributed by atoms with van der Waals surface area (Å²) in [7, 11) is -3.59. The number of benzene rings is 1. The van der Waals surface area contributed by atoms with E-state index in [2.05, 4.69) is 4.98 Å². The van der Waals surface area contributed by atoms with Crippen LogP contribution in [0.2, 0.25) is 0 Å². The highest BCUT2D eigenvalue weighted by molar-refractivity contribution is 7.89. The van der Waals surface area contributed by atoms with Gasteiger partial charge in [0, 0.05) is 37.9 Å². The smallest absolute Gasteiger partial charge is 0.244 e. The van der Waals surface area contributed by atoms with Crippen LogP contribution in [0.25, 0.3) is 0 Å². The van der Waals surface area contributed by atoms with E-state index in [1.54, 1.807) is 29.5 Å². The van der Waals surface area contributed by atoms with Crippen LogP contribution in [0, 0.1) is 5.92 Å². The van der Waals surface area contributed by atoms with E-state index in [9.17, 15) is 13.2 Å². The van der Waals surface area contributed by atoms with Gasteiger partial charge >= 0.3 is 0 Å². The zero-order valence-corrected chi connectivity index (χ0v) is 17.9. The van der Waals surface area contributed by atoms with Crippen LogP contribution >= 0.6 is 0 Å². The van der Waals surface area contributed by atoms with Gasteiger partial charge < -0.3 is 9.32 Å². The Morgan fingerprint density at radius 2 is 1.81 bits per heavy atom. The summed E-state index contributed by atoms with van der Waals surface area (Å²) in [6.45, 7) is 1.49. The minimum absolute atomic E-state index is 0.0266. The molecule has 0 saturated carbocycles. The number of piperidine rings is 1. The lowest BCUT2D eigenvalue weighted by molar-refractivity contribution is -0.138. The van der Waals surface area contributed by atoms with Crippen molar-refractivity contribution in [2.45, 2.75) is 30.8 Å². The number of sulfonamides is 1. The van der Waals surface area contributed by atoms with E-state index in [0.29, 0.717) is 39.0 Å². The summed E-state index contributed by atoms with van der Waals surface area (Å²) >= 11 is 0. The van der Waals surface area contributed by atoms with Gasteiger partial charge in [-0.05, 0) is 42.7 Å². The molecule has 0 bridgehead atoms. The molecular weight excluding hydrogens is 414 g/mol. The van der Waals surface area contributed by atoms with Crippen molar-refractivity contribution in [3.8, 4) is 0 Å². The van der Waals surface area contributed by atoms with Gasteiger partial charge in [0.1, 0.15) is 10.7 Å². The van der Waals surface area contributed by atoms with Crippen molar-refractivity contribution in [2.75, 3.05) is 13.1 Å². The summed E-state index contributed by atoms with van der Waals surface area (Å²) in [5, 5.41) is 0. The van der Waals surface area contributed by atoms with Gasteiger partial charge in [-0.15, -0.1) is 0 Å². The number of hydrogen-bond acceptors (Lipinski definition) is 5. The number of amides is 1. The number of pyridine rings is 1. The number of carbonyl (C=O) groups is 1. The van der Waals surface area contributed by atoms with Crippen LogP contribution < -0.4 is 0 Å². The van der Waals surface area contributed by atoms with Crippen LogP contribution in [0.4, 0.5) is 0 Å². The van der Waals surface area contributed by atoms with Gasteiger partial charge in [0.15, 0.2) is 0 Å². The topological polar surface area (TPSA) is 83.7 Å². The van der Waals surface area contributed by atoms with Gasteiger partial charge in [-0.3, -0.25) is 9.78 Å². The first-order valence-corrected chi connectivity index (χ1v) is 11.7. The largest absolute Gasteiger partial charge is 0.467 e. The third-order valence-corrected chi connectivity index (χ3v) is 7.41. The molecule has 0 aliphatic carbocycles. The molecule has 1 aromatic carbocycles. The number of nitrogens with zero attached hydrogens (tertiary/aromatic N) is 3. The quantitative estimate of drug-likeness (QED) is 0.564. The maximum atomic E-state index is 13.4. The van der Waals surface area contributed by atoms with E-state index < -0.39 is 10.0 Å². The third kappa shape index (κ3) is 5.03. The molecular formula is C23H25N3O4S. The van der Waals surface area contributed by atoms with Crippen LogP contribution in [-0.4, -0.2) is 41.6 Å². The lowest BCUT2D eigenvalue weighted by Gasteiger charge is -2.33. The van der Waals surface area contributed by atoms with Crippen molar-refractivity contribution in [3.63, 3.8) is 0 Å². The Kier molecular flexibility index (Phi) is 6.48. The van der Waals surface area contributed by atoms with Crippen molar-refractivity contribution in [3.05, 3.63) is 84.6 Å². The highest BCUT2D eigenvalue weighted by Gasteiger charge is 2.34. The fraction of sp³-hybridized carbons (Fsp3) is 0.304. The van der Waals surface area contributed by atoms with Gasteiger partial charge in [0.2, 0.25) is 15.9 Å². The van der Waals surface area contributed by atoms with Gasteiger partial charge in [0.05, 0.1) is 12.8 Å². The van der Waals surface area contributed by atoms with E-state index in [-0.39, 0.29) is 16.7 Å². The molecule has 7 nitrogen and oxygen atoms in total. The molecule has 3 aromatic rings. The maximum Gasteiger partial charge on any atom is 0.244 e. The molecule has 0 N–H and O–H groups in total. The summed E-state index contributed by atoms with van der Waals surface area (Å²) in [5.41, 5.74) is 1.04. The van der Waals surface area contributed by atoms with Gasteiger partial charge in [-0.1, -0.05) is 30.3 Å².